The van der Waals surface area contributed by atoms with Crippen LogP contribution in [-0.2, 0) is 9.59 Å². The molecule has 29 heavy (non-hydrogen) atoms. The van der Waals surface area contributed by atoms with E-state index in [0.717, 1.165) is 21.7 Å². The van der Waals surface area contributed by atoms with Crippen LogP contribution >= 0.6 is 15.9 Å². The van der Waals surface area contributed by atoms with Gasteiger partial charge in [0.2, 0.25) is 0 Å². The van der Waals surface area contributed by atoms with Crippen LogP contribution in [0.15, 0.2) is 70.2 Å². The molecule has 148 valence electrons. The van der Waals surface area contributed by atoms with Gasteiger partial charge in [-0.05, 0) is 36.1 Å². The first-order valence-corrected chi connectivity index (χ1v) is 9.92. The highest BCUT2D eigenvalue weighted by Gasteiger charge is 2.14. The number of hydrogen-bond acceptors (Lipinski definition) is 4. The highest BCUT2D eigenvalue weighted by Crippen LogP contribution is 2.23. The number of nitrogens with one attached hydrogen (secondary N) is 2. The molecule has 0 unspecified atom stereocenters. The summed E-state index contributed by atoms with van der Waals surface area (Å²) in [6, 6.07) is 18.6. The van der Waals surface area contributed by atoms with Crippen molar-refractivity contribution < 1.29 is 14.3 Å². The van der Waals surface area contributed by atoms with E-state index < -0.39 is 11.8 Å². The molecule has 0 aromatic heterocycles. The normalized spacial score (nSPS) is 10.8. The second-order valence-corrected chi connectivity index (χ2v) is 7.13. The molecule has 2 N–H and O–H groups in total. The van der Waals surface area contributed by atoms with Gasteiger partial charge in [-0.2, -0.15) is 5.10 Å². The van der Waals surface area contributed by atoms with Gasteiger partial charge >= 0.3 is 11.8 Å². The Labute approximate surface area is 177 Å². The number of hydrazone groups is 1. The number of halogens is 1. The topological polar surface area (TPSA) is 79.8 Å². The van der Waals surface area contributed by atoms with Gasteiger partial charge in [0.05, 0.1) is 12.8 Å². The molecule has 7 heteroatoms. The lowest BCUT2D eigenvalue weighted by Crippen LogP contribution is -2.32. The molecule has 0 aliphatic rings. The van der Waals surface area contributed by atoms with Gasteiger partial charge in [0.1, 0.15) is 5.75 Å². The molecule has 3 aromatic rings. The number of carbonyl (C=O) groups excluding carboxylic acids is 2. The van der Waals surface area contributed by atoms with Crippen LogP contribution in [0.2, 0.25) is 0 Å². The minimum absolute atomic E-state index is 0.564. The number of anilines is 1. The molecule has 6 nitrogen and oxygen atoms in total. The molecule has 3 aromatic carbocycles. The lowest BCUT2D eigenvalue weighted by atomic mass is 10.1. The number of rotatable bonds is 6. The molecular weight excluding hydrogens is 434 g/mol. The summed E-state index contributed by atoms with van der Waals surface area (Å²) in [6.07, 6.45) is 2.32. The van der Waals surface area contributed by atoms with E-state index in [9.17, 15) is 9.59 Å². The summed E-state index contributed by atoms with van der Waals surface area (Å²) in [5.41, 5.74) is 3.50. The van der Waals surface area contributed by atoms with Gasteiger partial charge in [0.15, 0.2) is 0 Å². The van der Waals surface area contributed by atoms with E-state index in [-0.39, 0.29) is 0 Å². The van der Waals surface area contributed by atoms with Crippen LogP contribution in [0.5, 0.6) is 5.75 Å². The van der Waals surface area contributed by atoms with Gasteiger partial charge in [0.25, 0.3) is 0 Å². The molecule has 0 saturated heterocycles. The molecule has 0 heterocycles. The highest BCUT2D eigenvalue weighted by molar-refractivity contribution is 9.10. The molecule has 0 aliphatic heterocycles. The zero-order chi connectivity index (χ0) is 20.6. The Morgan fingerprint density at radius 1 is 1.07 bits per heavy atom. The maximum absolute atomic E-state index is 12.2. The Hall–Kier alpha value is -3.19. The lowest BCUT2D eigenvalue weighted by molar-refractivity contribution is -0.136. The fraction of sp³-hybridized carbons (Fsp3) is 0.136. The Morgan fingerprint density at radius 3 is 2.69 bits per heavy atom. The predicted octanol–water partition coefficient (Wildman–Crippen LogP) is 4.48. The number of nitrogens with zero attached hydrogens (tertiary/aromatic N) is 1. The molecular formula is C22H20BrN3O3. The summed E-state index contributed by atoms with van der Waals surface area (Å²) in [5, 5.41) is 8.34. The van der Waals surface area contributed by atoms with Gasteiger partial charge < -0.3 is 10.1 Å². The Kier molecular flexibility index (Phi) is 6.97. The Bertz CT molecular complexity index is 1060. The smallest absolute Gasteiger partial charge is 0.329 e. The number of fused-ring (bicyclic) bond motifs is 1. The van der Waals surface area contributed by atoms with Crippen LogP contribution in [0, 0.1) is 0 Å². The van der Waals surface area contributed by atoms with E-state index in [2.05, 4.69) is 31.8 Å². The third-order valence-electron chi connectivity index (χ3n) is 4.05. The molecule has 0 aliphatic carbocycles. The van der Waals surface area contributed by atoms with Crippen molar-refractivity contribution in [2.24, 2.45) is 5.10 Å². The average molecular weight is 454 g/mol. The second-order valence-electron chi connectivity index (χ2n) is 6.21. The van der Waals surface area contributed by atoms with Crippen LogP contribution in [-0.4, -0.2) is 24.6 Å². The van der Waals surface area contributed by atoms with Crippen molar-refractivity contribution in [2.75, 3.05) is 11.9 Å². The maximum atomic E-state index is 12.2. The van der Waals surface area contributed by atoms with Crippen molar-refractivity contribution in [2.45, 2.75) is 13.3 Å². The maximum Gasteiger partial charge on any atom is 0.329 e. The van der Waals surface area contributed by atoms with E-state index in [1.807, 2.05) is 61.5 Å². The summed E-state index contributed by atoms with van der Waals surface area (Å²) < 4.78 is 6.51. The second kappa shape index (κ2) is 9.84. The van der Waals surface area contributed by atoms with Crippen molar-refractivity contribution in [1.29, 1.82) is 0 Å². The fourth-order valence-electron chi connectivity index (χ4n) is 2.69. The third-order valence-corrected chi connectivity index (χ3v) is 4.54. The minimum atomic E-state index is -0.861. The van der Waals surface area contributed by atoms with Gasteiger partial charge in [-0.3, -0.25) is 9.59 Å². The molecule has 0 radical (unpaired) electrons. The van der Waals surface area contributed by atoms with Crippen molar-refractivity contribution >= 4 is 50.4 Å². The predicted molar refractivity (Wildman–Crippen MR) is 118 cm³/mol. The summed E-state index contributed by atoms with van der Waals surface area (Å²) in [4.78, 5) is 24.4. The lowest BCUT2D eigenvalue weighted by Gasteiger charge is -2.09. The van der Waals surface area contributed by atoms with Crippen molar-refractivity contribution in [3.05, 3.63) is 70.7 Å². The van der Waals surface area contributed by atoms with E-state index in [1.165, 1.54) is 6.21 Å². The first-order valence-electron chi connectivity index (χ1n) is 9.13. The molecule has 2 amide bonds. The number of carbonyl (C=O) groups is 2. The SMILES string of the molecule is CCCOc1ccc(Br)cc1/C=N/NC(=O)C(=O)Nc1cccc2ccccc12. The van der Waals surface area contributed by atoms with E-state index in [0.29, 0.717) is 23.6 Å². The third kappa shape index (κ3) is 5.42. The molecule has 3 rings (SSSR count). The first-order chi connectivity index (χ1) is 14.1. The van der Waals surface area contributed by atoms with Crippen molar-refractivity contribution in [1.82, 2.24) is 5.43 Å². The van der Waals surface area contributed by atoms with Gasteiger partial charge in [-0.1, -0.05) is 59.3 Å². The number of benzene rings is 3. The van der Waals surface area contributed by atoms with Crippen LogP contribution in [0.25, 0.3) is 10.8 Å². The number of amides is 2. The van der Waals surface area contributed by atoms with Crippen molar-refractivity contribution in [3.8, 4) is 5.75 Å². The van der Waals surface area contributed by atoms with Crippen LogP contribution in [0.4, 0.5) is 5.69 Å². The zero-order valence-corrected chi connectivity index (χ0v) is 17.4. The van der Waals surface area contributed by atoms with E-state index >= 15 is 0 Å². The summed E-state index contributed by atoms with van der Waals surface area (Å²) in [5.74, 6) is -1.01. The van der Waals surface area contributed by atoms with E-state index in [4.69, 9.17) is 4.74 Å². The van der Waals surface area contributed by atoms with Crippen molar-refractivity contribution in [3.63, 3.8) is 0 Å². The molecule has 0 saturated carbocycles. The standard InChI is InChI=1S/C22H20BrN3O3/c1-2-12-29-20-11-10-17(23)13-16(20)14-24-26-22(28)21(27)25-19-9-5-7-15-6-3-4-8-18(15)19/h3-11,13-14H,2,12H2,1H3,(H,25,27)(H,26,28)/b24-14+. The largest absolute Gasteiger partial charge is 0.493 e. The molecule has 0 spiro atoms. The van der Waals surface area contributed by atoms with Gasteiger partial charge in [0, 0.05) is 21.1 Å². The molecule has 0 fully saturated rings. The van der Waals surface area contributed by atoms with Crippen LogP contribution in [0.3, 0.4) is 0 Å². The van der Waals surface area contributed by atoms with Crippen LogP contribution in [0.1, 0.15) is 18.9 Å². The molecule has 0 bridgehead atoms. The average Bonchev–Trinajstić information content (AvgIpc) is 2.73. The quantitative estimate of drug-likeness (QED) is 0.328. The monoisotopic (exact) mass is 453 g/mol. The van der Waals surface area contributed by atoms with Crippen LogP contribution < -0.4 is 15.5 Å². The minimum Gasteiger partial charge on any atom is -0.493 e. The first kappa shape index (κ1) is 20.5. The molecule has 0 atom stereocenters. The number of hydrogen-bond donors (Lipinski definition) is 2. The van der Waals surface area contributed by atoms with Gasteiger partial charge in [-0.25, -0.2) is 5.43 Å². The Morgan fingerprint density at radius 2 is 1.86 bits per heavy atom. The zero-order valence-electron chi connectivity index (χ0n) is 15.8. The summed E-state index contributed by atoms with van der Waals surface area (Å²) in [7, 11) is 0. The highest BCUT2D eigenvalue weighted by atomic mass is 79.9. The fourth-order valence-corrected chi connectivity index (χ4v) is 3.07. The Balaban J connectivity index is 1.66. The summed E-state index contributed by atoms with van der Waals surface area (Å²) >= 11 is 3.40. The number of ether oxygens (including phenoxy) is 1. The summed E-state index contributed by atoms with van der Waals surface area (Å²) in [6.45, 7) is 2.59. The van der Waals surface area contributed by atoms with E-state index in [1.54, 1.807) is 6.07 Å². The van der Waals surface area contributed by atoms with Gasteiger partial charge in [-0.15, -0.1) is 0 Å².